The highest BCUT2D eigenvalue weighted by molar-refractivity contribution is 5.73. The molecule has 0 atom stereocenters. The molecule has 3 nitrogen and oxygen atoms in total. The van der Waals surface area contributed by atoms with Crippen LogP contribution in [-0.4, -0.2) is 11.5 Å². The van der Waals surface area contributed by atoms with E-state index in [1.165, 1.54) is 31.2 Å². The Hall–Kier alpha value is -1.35. The quantitative estimate of drug-likeness (QED) is 0.881. The number of oxazole rings is 1. The molecule has 1 aliphatic rings. The third-order valence-corrected chi connectivity index (χ3v) is 3.61. The summed E-state index contributed by atoms with van der Waals surface area (Å²) in [6.45, 7) is 0.679. The van der Waals surface area contributed by atoms with Crippen molar-refractivity contribution < 1.29 is 4.42 Å². The molecular formula is C14H18N2O. The van der Waals surface area contributed by atoms with Crippen LogP contribution in [0.5, 0.6) is 0 Å². The summed E-state index contributed by atoms with van der Waals surface area (Å²) >= 11 is 0. The summed E-state index contributed by atoms with van der Waals surface area (Å²) in [5.74, 6) is 1.47. The lowest BCUT2D eigenvalue weighted by Gasteiger charge is -2.00. The first-order chi connectivity index (χ1) is 8.36. The molecule has 0 amide bonds. The van der Waals surface area contributed by atoms with Gasteiger partial charge in [0.15, 0.2) is 11.5 Å². The normalized spacial score (nSPS) is 17.0. The van der Waals surface area contributed by atoms with E-state index >= 15 is 0 Å². The Kier molecular flexibility index (Phi) is 2.85. The van der Waals surface area contributed by atoms with Crippen molar-refractivity contribution in [3.05, 3.63) is 29.7 Å². The molecule has 3 rings (SSSR count). The summed E-state index contributed by atoms with van der Waals surface area (Å²) in [7, 11) is 0. The van der Waals surface area contributed by atoms with Crippen molar-refractivity contribution in [3.63, 3.8) is 0 Å². The van der Waals surface area contributed by atoms with Gasteiger partial charge < -0.3 is 10.2 Å². The number of benzene rings is 1. The first-order valence-corrected chi connectivity index (χ1v) is 6.46. The monoisotopic (exact) mass is 230 g/mol. The minimum absolute atomic E-state index is 0.542. The molecule has 1 saturated carbocycles. The molecule has 1 heterocycles. The Bertz CT molecular complexity index is 512. The van der Waals surface area contributed by atoms with Crippen LogP contribution >= 0.6 is 0 Å². The van der Waals surface area contributed by atoms with Crippen LogP contribution in [0.3, 0.4) is 0 Å². The molecule has 1 fully saturated rings. The lowest BCUT2D eigenvalue weighted by atomic mass is 10.1. The van der Waals surface area contributed by atoms with Gasteiger partial charge in [-0.2, -0.15) is 0 Å². The average molecular weight is 230 g/mol. The van der Waals surface area contributed by atoms with Gasteiger partial charge in [-0.3, -0.25) is 0 Å². The Morgan fingerprint density at radius 2 is 2.12 bits per heavy atom. The van der Waals surface area contributed by atoms with Gasteiger partial charge in [0.25, 0.3) is 0 Å². The number of aromatic nitrogens is 1. The van der Waals surface area contributed by atoms with Gasteiger partial charge in [-0.1, -0.05) is 18.9 Å². The largest absolute Gasteiger partial charge is 0.440 e. The molecule has 1 aromatic heterocycles. The summed E-state index contributed by atoms with van der Waals surface area (Å²) in [4.78, 5) is 4.63. The van der Waals surface area contributed by atoms with Gasteiger partial charge in [-0.15, -0.1) is 0 Å². The van der Waals surface area contributed by atoms with E-state index in [0.29, 0.717) is 12.5 Å². The molecule has 1 aliphatic carbocycles. The zero-order valence-corrected chi connectivity index (χ0v) is 9.98. The molecule has 3 heteroatoms. The number of fused-ring (bicyclic) bond motifs is 1. The van der Waals surface area contributed by atoms with E-state index in [1.807, 2.05) is 6.07 Å². The van der Waals surface area contributed by atoms with E-state index < -0.39 is 0 Å². The average Bonchev–Trinajstić information content (AvgIpc) is 2.97. The zero-order chi connectivity index (χ0) is 11.7. The van der Waals surface area contributed by atoms with Crippen LogP contribution in [0, 0.1) is 0 Å². The highest BCUT2D eigenvalue weighted by Crippen LogP contribution is 2.35. The van der Waals surface area contributed by atoms with E-state index in [9.17, 15) is 0 Å². The van der Waals surface area contributed by atoms with Crippen LogP contribution < -0.4 is 5.73 Å². The van der Waals surface area contributed by atoms with Crippen molar-refractivity contribution in [1.82, 2.24) is 4.98 Å². The summed E-state index contributed by atoms with van der Waals surface area (Å²) in [5.41, 5.74) is 8.70. The summed E-state index contributed by atoms with van der Waals surface area (Å²) in [5, 5.41) is 0. The third kappa shape index (κ3) is 2.07. The molecule has 17 heavy (non-hydrogen) atoms. The van der Waals surface area contributed by atoms with Crippen LogP contribution in [0.15, 0.2) is 22.6 Å². The first kappa shape index (κ1) is 10.8. The van der Waals surface area contributed by atoms with Gasteiger partial charge in [0.1, 0.15) is 5.52 Å². The summed E-state index contributed by atoms with van der Waals surface area (Å²) in [6, 6.07) is 6.20. The number of hydrogen-bond acceptors (Lipinski definition) is 3. The number of rotatable bonds is 3. The molecule has 1 aromatic carbocycles. The highest BCUT2D eigenvalue weighted by Gasteiger charge is 2.22. The molecule has 0 radical (unpaired) electrons. The minimum atomic E-state index is 0.542. The van der Waals surface area contributed by atoms with E-state index in [0.717, 1.165) is 23.4 Å². The van der Waals surface area contributed by atoms with E-state index in [-0.39, 0.29) is 0 Å². The maximum absolute atomic E-state index is 5.84. The SMILES string of the molecule is NCCc1ccc2oc(C3CCCC3)nc2c1. The van der Waals surface area contributed by atoms with Crippen molar-refractivity contribution in [2.24, 2.45) is 5.73 Å². The molecule has 2 N–H and O–H groups in total. The van der Waals surface area contributed by atoms with Crippen LogP contribution in [0.4, 0.5) is 0 Å². The van der Waals surface area contributed by atoms with Gasteiger partial charge in [0, 0.05) is 5.92 Å². The Balaban J connectivity index is 1.94. The van der Waals surface area contributed by atoms with E-state index in [4.69, 9.17) is 10.2 Å². The standard InChI is InChI=1S/C14H18N2O/c15-8-7-10-5-6-13-12(9-10)16-14(17-13)11-3-1-2-4-11/h5-6,9,11H,1-4,7-8,15H2. The van der Waals surface area contributed by atoms with E-state index in [2.05, 4.69) is 17.1 Å². The maximum Gasteiger partial charge on any atom is 0.198 e. The van der Waals surface area contributed by atoms with Crippen LogP contribution in [-0.2, 0) is 6.42 Å². The van der Waals surface area contributed by atoms with Crippen molar-refractivity contribution in [1.29, 1.82) is 0 Å². The topological polar surface area (TPSA) is 52.0 Å². The molecule has 90 valence electrons. The molecule has 0 unspecified atom stereocenters. The summed E-state index contributed by atoms with van der Waals surface area (Å²) in [6.07, 6.45) is 5.97. The highest BCUT2D eigenvalue weighted by atomic mass is 16.3. The number of hydrogen-bond donors (Lipinski definition) is 1. The fourth-order valence-corrected chi connectivity index (χ4v) is 2.66. The molecule has 0 aliphatic heterocycles. The zero-order valence-electron chi connectivity index (χ0n) is 9.98. The second kappa shape index (κ2) is 4.49. The minimum Gasteiger partial charge on any atom is -0.440 e. The van der Waals surface area contributed by atoms with Crippen LogP contribution in [0.2, 0.25) is 0 Å². The fraction of sp³-hybridized carbons (Fsp3) is 0.500. The van der Waals surface area contributed by atoms with Crippen molar-refractivity contribution in [2.75, 3.05) is 6.54 Å². The molecule has 0 spiro atoms. The predicted molar refractivity (Wildman–Crippen MR) is 68.0 cm³/mol. The smallest absolute Gasteiger partial charge is 0.198 e. The van der Waals surface area contributed by atoms with Crippen molar-refractivity contribution in [3.8, 4) is 0 Å². The van der Waals surface area contributed by atoms with Gasteiger partial charge in [0.2, 0.25) is 0 Å². The maximum atomic E-state index is 5.84. The third-order valence-electron chi connectivity index (χ3n) is 3.61. The van der Waals surface area contributed by atoms with Gasteiger partial charge >= 0.3 is 0 Å². The number of nitrogens with two attached hydrogens (primary N) is 1. The Morgan fingerprint density at radius 3 is 2.88 bits per heavy atom. The second-order valence-electron chi connectivity index (χ2n) is 4.87. The molecule has 2 aromatic rings. The van der Waals surface area contributed by atoms with Crippen LogP contribution in [0.1, 0.15) is 43.1 Å². The Labute approximate surface area is 101 Å². The lowest BCUT2D eigenvalue weighted by Crippen LogP contribution is -2.02. The predicted octanol–water partition coefficient (Wildman–Crippen LogP) is 2.99. The molecule has 0 bridgehead atoms. The second-order valence-corrected chi connectivity index (χ2v) is 4.87. The van der Waals surface area contributed by atoms with Gasteiger partial charge in [-0.05, 0) is 43.5 Å². The number of nitrogens with zero attached hydrogens (tertiary/aromatic N) is 1. The fourth-order valence-electron chi connectivity index (χ4n) is 2.66. The van der Waals surface area contributed by atoms with Gasteiger partial charge in [0.05, 0.1) is 0 Å². The molecule has 0 saturated heterocycles. The lowest BCUT2D eigenvalue weighted by molar-refractivity contribution is 0.474. The van der Waals surface area contributed by atoms with Crippen molar-refractivity contribution in [2.45, 2.75) is 38.0 Å². The Morgan fingerprint density at radius 1 is 1.29 bits per heavy atom. The first-order valence-electron chi connectivity index (χ1n) is 6.46. The van der Waals surface area contributed by atoms with Crippen molar-refractivity contribution >= 4 is 11.1 Å². The van der Waals surface area contributed by atoms with E-state index in [1.54, 1.807) is 0 Å². The molecular weight excluding hydrogens is 212 g/mol. The van der Waals surface area contributed by atoms with Crippen LogP contribution in [0.25, 0.3) is 11.1 Å². The van der Waals surface area contributed by atoms with Gasteiger partial charge in [-0.25, -0.2) is 4.98 Å². The summed E-state index contributed by atoms with van der Waals surface area (Å²) < 4.78 is 5.84.